The molecule has 0 spiro atoms. The predicted octanol–water partition coefficient (Wildman–Crippen LogP) is 3.78. The smallest absolute Gasteiger partial charge is 0.238 e. The Bertz CT molecular complexity index is 1540. The van der Waals surface area contributed by atoms with E-state index in [0.717, 1.165) is 0 Å². The lowest BCUT2D eigenvalue weighted by atomic mass is 9.90. The van der Waals surface area contributed by atoms with Gasteiger partial charge < -0.3 is 19.7 Å². The molecule has 11 heteroatoms. The Hall–Kier alpha value is -3.96. The number of likely N-dealkylation sites (N-methyl/N-ethyl adjacent to an activating group) is 1. The van der Waals surface area contributed by atoms with Gasteiger partial charge in [0.05, 0.1) is 23.3 Å². The first-order valence-corrected chi connectivity index (χ1v) is 14.3. The SMILES string of the molecule is CN(C)CCN(c1ccc(N=C(c2ccc3c(c2)OCCO3)C2C(=O)Nc3cc(F)ccc32)cc1)S(C)(=O)=O. The molecule has 1 amide bonds. The van der Waals surface area contributed by atoms with Crippen LogP contribution >= 0.6 is 0 Å². The first-order chi connectivity index (χ1) is 18.6. The number of hydrogen-bond donors (Lipinski definition) is 1. The molecule has 1 atom stereocenters. The van der Waals surface area contributed by atoms with Gasteiger partial charge in [0.25, 0.3) is 0 Å². The van der Waals surface area contributed by atoms with E-state index in [1.54, 1.807) is 42.5 Å². The van der Waals surface area contributed by atoms with Crippen molar-refractivity contribution in [3.05, 3.63) is 77.6 Å². The molecule has 3 aromatic carbocycles. The number of hydrogen-bond acceptors (Lipinski definition) is 7. The van der Waals surface area contributed by atoms with E-state index < -0.39 is 21.8 Å². The summed E-state index contributed by atoms with van der Waals surface area (Å²) in [6.45, 7) is 1.70. The van der Waals surface area contributed by atoms with Crippen molar-refractivity contribution in [3.8, 4) is 11.5 Å². The van der Waals surface area contributed by atoms with Crippen molar-refractivity contribution in [3.63, 3.8) is 0 Å². The monoisotopic (exact) mass is 552 g/mol. The first kappa shape index (κ1) is 26.6. The van der Waals surface area contributed by atoms with Crippen molar-refractivity contribution < 1.29 is 27.1 Å². The normalized spacial score (nSPS) is 16.7. The van der Waals surface area contributed by atoms with Gasteiger partial charge in [-0.05, 0) is 74.3 Å². The molecule has 0 radical (unpaired) electrons. The lowest BCUT2D eigenvalue weighted by molar-refractivity contribution is -0.115. The molecule has 39 heavy (non-hydrogen) atoms. The highest BCUT2D eigenvalue weighted by Crippen LogP contribution is 2.39. The van der Waals surface area contributed by atoms with E-state index in [9.17, 15) is 17.6 Å². The van der Waals surface area contributed by atoms with Gasteiger partial charge in [-0.25, -0.2) is 12.8 Å². The van der Waals surface area contributed by atoms with E-state index in [1.165, 1.54) is 22.7 Å². The number of nitrogens with one attached hydrogen (secondary N) is 1. The molecule has 1 unspecified atom stereocenters. The van der Waals surface area contributed by atoms with Gasteiger partial charge in [0.15, 0.2) is 11.5 Å². The van der Waals surface area contributed by atoms with Crippen LogP contribution in [0.5, 0.6) is 11.5 Å². The number of halogens is 1. The summed E-state index contributed by atoms with van der Waals surface area (Å²) in [5.74, 6) is -0.425. The van der Waals surface area contributed by atoms with Crippen molar-refractivity contribution in [2.75, 3.05) is 56.3 Å². The van der Waals surface area contributed by atoms with E-state index in [-0.39, 0.29) is 5.91 Å². The van der Waals surface area contributed by atoms with E-state index in [0.29, 0.717) is 71.7 Å². The largest absolute Gasteiger partial charge is 0.486 e. The average molecular weight is 553 g/mol. The van der Waals surface area contributed by atoms with Crippen molar-refractivity contribution in [2.45, 2.75) is 5.92 Å². The van der Waals surface area contributed by atoms with Crippen LogP contribution in [0.3, 0.4) is 0 Å². The van der Waals surface area contributed by atoms with Gasteiger partial charge in [-0.1, -0.05) is 6.07 Å². The summed E-state index contributed by atoms with van der Waals surface area (Å²) in [6.07, 6.45) is 1.17. The van der Waals surface area contributed by atoms with Gasteiger partial charge in [0.2, 0.25) is 15.9 Å². The van der Waals surface area contributed by atoms with Crippen LogP contribution in [-0.4, -0.2) is 71.6 Å². The number of carbonyl (C=O) groups excluding carboxylic acids is 1. The van der Waals surface area contributed by atoms with Gasteiger partial charge in [-0.3, -0.25) is 14.1 Å². The lowest BCUT2D eigenvalue weighted by Crippen LogP contribution is -2.35. The van der Waals surface area contributed by atoms with Gasteiger partial charge in [0, 0.05) is 24.3 Å². The summed E-state index contributed by atoms with van der Waals surface area (Å²) in [5, 5.41) is 2.76. The second kappa shape index (κ2) is 10.7. The van der Waals surface area contributed by atoms with Crippen LogP contribution in [0.4, 0.5) is 21.5 Å². The molecule has 0 aliphatic carbocycles. The van der Waals surface area contributed by atoms with Crippen LogP contribution < -0.4 is 19.1 Å². The molecular formula is C28H29FN4O5S. The maximum atomic E-state index is 13.9. The molecule has 0 aromatic heterocycles. The fourth-order valence-electron chi connectivity index (χ4n) is 4.61. The number of amides is 1. The second-order valence-corrected chi connectivity index (χ2v) is 11.6. The second-order valence-electron chi connectivity index (χ2n) is 9.66. The third kappa shape index (κ3) is 5.74. The van der Waals surface area contributed by atoms with Crippen molar-refractivity contribution >= 4 is 38.7 Å². The topological polar surface area (TPSA) is 101 Å². The van der Waals surface area contributed by atoms with Crippen LogP contribution in [0.15, 0.2) is 65.7 Å². The highest BCUT2D eigenvalue weighted by molar-refractivity contribution is 7.92. The molecule has 9 nitrogen and oxygen atoms in total. The number of carbonyl (C=O) groups is 1. The average Bonchev–Trinajstić information content (AvgIpc) is 3.21. The lowest BCUT2D eigenvalue weighted by Gasteiger charge is -2.24. The number of anilines is 2. The predicted molar refractivity (Wildman–Crippen MR) is 149 cm³/mol. The summed E-state index contributed by atoms with van der Waals surface area (Å²) >= 11 is 0. The standard InChI is InChI=1S/C28H29FN4O5S/c1-32(2)12-13-33(39(3,35)36)21-8-6-20(7-9-21)30-27(18-4-11-24-25(16-18)38-15-14-37-24)26-22-10-5-19(29)17-23(22)31-28(26)34/h4-11,16-17,26H,12-15H2,1-3H3,(H,31,34). The maximum Gasteiger partial charge on any atom is 0.238 e. The molecule has 204 valence electrons. The number of rotatable bonds is 8. The van der Waals surface area contributed by atoms with E-state index in [2.05, 4.69) is 5.32 Å². The maximum absolute atomic E-state index is 13.9. The Balaban J connectivity index is 1.57. The number of ether oxygens (including phenoxy) is 2. The number of nitrogens with zero attached hydrogens (tertiary/aromatic N) is 3. The summed E-state index contributed by atoms with van der Waals surface area (Å²) in [6, 6.07) is 16.3. The highest BCUT2D eigenvalue weighted by atomic mass is 32.2. The molecular weight excluding hydrogens is 523 g/mol. The minimum atomic E-state index is -3.50. The molecule has 0 saturated carbocycles. The fourth-order valence-corrected chi connectivity index (χ4v) is 5.53. The number of aliphatic imine (C=N–C) groups is 1. The van der Waals surface area contributed by atoms with Crippen LogP contribution in [0.2, 0.25) is 0 Å². The zero-order chi connectivity index (χ0) is 27.7. The van der Waals surface area contributed by atoms with E-state index in [4.69, 9.17) is 14.5 Å². The van der Waals surface area contributed by atoms with Crippen LogP contribution in [0.25, 0.3) is 0 Å². The molecule has 0 saturated heterocycles. The molecule has 2 heterocycles. The molecule has 1 N–H and O–H groups in total. The van der Waals surface area contributed by atoms with Crippen molar-refractivity contribution in [1.82, 2.24) is 4.90 Å². The third-order valence-electron chi connectivity index (χ3n) is 6.50. The number of benzene rings is 3. The molecule has 2 aliphatic heterocycles. The summed E-state index contributed by atoms with van der Waals surface area (Å²) in [5.41, 5.74) is 3.13. The van der Waals surface area contributed by atoms with Crippen LogP contribution in [-0.2, 0) is 14.8 Å². The Morgan fingerprint density at radius 3 is 2.41 bits per heavy atom. The third-order valence-corrected chi connectivity index (χ3v) is 7.69. The minimum absolute atomic E-state index is 0.298. The minimum Gasteiger partial charge on any atom is -0.486 e. The summed E-state index contributed by atoms with van der Waals surface area (Å²) in [7, 11) is 0.260. The Labute approximate surface area is 226 Å². The van der Waals surface area contributed by atoms with Crippen LogP contribution in [0, 0.1) is 5.82 Å². The van der Waals surface area contributed by atoms with Gasteiger partial charge in [-0.2, -0.15) is 0 Å². The Kier molecular flexibility index (Phi) is 7.28. The van der Waals surface area contributed by atoms with Crippen molar-refractivity contribution in [2.24, 2.45) is 4.99 Å². The quantitative estimate of drug-likeness (QED) is 0.427. The van der Waals surface area contributed by atoms with Gasteiger partial charge in [-0.15, -0.1) is 0 Å². The molecule has 3 aromatic rings. The number of fused-ring (bicyclic) bond motifs is 2. The first-order valence-electron chi connectivity index (χ1n) is 12.4. The van der Waals surface area contributed by atoms with Crippen molar-refractivity contribution in [1.29, 1.82) is 0 Å². The van der Waals surface area contributed by atoms with Gasteiger partial charge in [0.1, 0.15) is 24.9 Å². The zero-order valence-electron chi connectivity index (χ0n) is 21.8. The number of sulfonamides is 1. The molecule has 0 fully saturated rings. The fraction of sp³-hybridized carbons (Fsp3) is 0.286. The molecule has 0 bridgehead atoms. The van der Waals surface area contributed by atoms with E-state index >= 15 is 0 Å². The van der Waals surface area contributed by atoms with E-state index in [1.807, 2.05) is 25.1 Å². The molecule has 2 aliphatic rings. The Morgan fingerprint density at radius 2 is 1.72 bits per heavy atom. The summed E-state index contributed by atoms with van der Waals surface area (Å²) < 4.78 is 51.5. The zero-order valence-corrected chi connectivity index (χ0v) is 22.7. The van der Waals surface area contributed by atoms with Gasteiger partial charge >= 0.3 is 0 Å². The molecule has 5 rings (SSSR count). The highest BCUT2D eigenvalue weighted by Gasteiger charge is 2.36. The summed E-state index contributed by atoms with van der Waals surface area (Å²) in [4.78, 5) is 19.9. The van der Waals surface area contributed by atoms with Crippen LogP contribution in [0.1, 0.15) is 17.0 Å². The Morgan fingerprint density at radius 1 is 1.00 bits per heavy atom.